The second-order valence-electron chi connectivity index (χ2n) is 4.48. The SMILES string of the molecule is NC(=O)c1ccccc1NC(=O)c1n[nH]c2ccccc12. The van der Waals surface area contributed by atoms with Gasteiger partial charge in [0, 0.05) is 5.39 Å². The number of rotatable bonds is 3. The Morgan fingerprint density at radius 1 is 1.05 bits per heavy atom. The fourth-order valence-electron chi connectivity index (χ4n) is 2.13. The maximum Gasteiger partial charge on any atom is 0.276 e. The maximum atomic E-state index is 12.3. The van der Waals surface area contributed by atoms with Gasteiger partial charge in [0.05, 0.1) is 16.8 Å². The van der Waals surface area contributed by atoms with E-state index in [9.17, 15) is 9.59 Å². The zero-order chi connectivity index (χ0) is 14.8. The van der Waals surface area contributed by atoms with Gasteiger partial charge < -0.3 is 11.1 Å². The molecule has 0 spiro atoms. The lowest BCUT2D eigenvalue weighted by Gasteiger charge is -2.07. The number of hydrogen-bond acceptors (Lipinski definition) is 3. The maximum absolute atomic E-state index is 12.3. The molecule has 6 heteroatoms. The summed E-state index contributed by atoms with van der Waals surface area (Å²) >= 11 is 0. The molecular weight excluding hydrogens is 268 g/mol. The highest BCUT2D eigenvalue weighted by Gasteiger charge is 2.16. The number of anilines is 1. The number of para-hydroxylation sites is 2. The molecule has 2 aromatic carbocycles. The van der Waals surface area contributed by atoms with Crippen LogP contribution in [0.1, 0.15) is 20.8 Å². The standard InChI is InChI=1S/C15H12N4O2/c16-14(20)10-6-2-3-7-11(10)17-15(21)13-9-5-1-4-8-12(9)18-19-13/h1-8H,(H2,16,20)(H,17,21)(H,18,19). The van der Waals surface area contributed by atoms with Crippen LogP contribution in [0.4, 0.5) is 5.69 Å². The molecule has 6 nitrogen and oxygen atoms in total. The number of aromatic nitrogens is 2. The molecule has 0 saturated carbocycles. The van der Waals surface area contributed by atoms with E-state index in [4.69, 9.17) is 5.73 Å². The Hall–Kier alpha value is -3.15. The summed E-state index contributed by atoms with van der Waals surface area (Å²) in [5.74, 6) is -1.00. The van der Waals surface area contributed by atoms with Gasteiger partial charge in [-0.3, -0.25) is 14.7 Å². The number of nitrogens with zero attached hydrogens (tertiary/aromatic N) is 1. The summed E-state index contributed by atoms with van der Waals surface area (Å²) in [6, 6.07) is 13.9. The van der Waals surface area contributed by atoms with Crippen molar-refractivity contribution in [2.24, 2.45) is 5.73 Å². The van der Waals surface area contributed by atoms with Crippen LogP contribution in [0, 0.1) is 0 Å². The van der Waals surface area contributed by atoms with Crippen LogP contribution in [0.2, 0.25) is 0 Å². The number of benzene rings is 2. The monoisotopic (exact) mass is 280 g/mol. The number of hydrogen-bond donors (Lipinski definition) is 3. The highest BCUT2D eigenvalue weighted by atomic mass is 16.2. The van der Waals surface area contributed by atoms with Crippen LogP contribution in [0.3, 0.4) is 0 Å². The van der Waals surface area contributed by atoms with Crippen LogP contribution in [-0.4, -0.2) is 22.0 Å². The van der Waals surface area contributed by atoms with E-state index in [0.717, 1.165) is 5.52 Å². The van der Waals surface area contributed by atoms with E-state index in [2.05, 4.69) is 15.5 Å². The molecule has 3 aromatic rings. The summed E-state index contributed by atoms with van der Waals surface area (Å²) in [6.07, 6.45) is 0. The predicted molar refractivity (Wildman–Crippen MR) is 79.0 cm³/mol. The number of nitrogens with two attached hydrogens (primary N) is 1. The number of aromatic amines is 1. The van der Waals surface area contributed by atoms with Crippen LogP contribution >= 0.6 is 0 Å². The molecule has 0 unspecified atom stereocenters. The van der Waals surface area contributed by atoms with Crippen LogP contribution in [0.15, 0.2) is 48.5 Å². The number of primary amides is 1. The van der Waals surface area contributed by atoms with Crippen LogP contribution in [-0.2, 0) is 0 Å². The molecule has 0 saturated heterocycles. The Morgan fingerprint density at radius 2 is 1.76 bits per heavy atom. The molecule has 1 heterocycles. The Kier molecular flexibility index (Phi) is 3.12. The van der Waals surface area contributed by atoms with E-state index >= 15 is 0 Å². The average molecular weight is 280 g/mol. The summed E-state index contributed by atoms with van der Waals surface area (Å²) in [4.78, 5) is 23.7. The van der Waals surface area contributed by atoms with Gasteiger partial charge in [-0.05, 0) is 18.2 Å². The number of H-pyrrole nitrogens is 1. The normalized spacial score (nSPS) is 10.5. The fourth-order valence-corrected chi connectivity index (χ4v) is 2.13. The van der Waals surface area contributed by atoms with Gasteiger partial charge in [0.2, 0.25) is 0 Å². The smallest absolute Gasteiger partial charge is 0.276 e. The molecule has 0 aliphatic heterocycles. The molecular formula is C15H12N4O2. The van der Waals surface area contributed by atoms with Crippen LogP contribution in [0.25, 0.3) is 10.9 Å². The third-order valence-corrected chi connectivity index (χ3v) is 3.13. The number of carbonyl (C=O) groups is 2. The molecule has 0 aliphatic rings. The van der Waals surface area contributed by atoms with Crippen molar-refractivity contribution < 1.29 is 9.59 Å². The highest BCUT2D eigenvalue weighted by molar-refractivity contribution is 6.13. The minimum absolute atomic E-state index is 0.255. The summed E-state index contributed by atoms with van der Waals surface area (Å²) in [6.45, 7) is 0. The summed E-state index contributed by atoms with van der Waals surface area (Å²) < 4.78 is 0. The molecule has 21 heavy (non-hydrogen) atoms. The van der Waals surface area contributed by atoms with Crippen molar-refractivity contribution in [3.63, 3.8) is 0 Å². The molecule has 0 bridgehead atoms. The Bertz CT molecular complexity index is 838. The first-order valence-corrected chi connectivity index (χ1v) is 6.30. The van der Waals surface area contributed by atoms with Crippen LogP contribution < -0.4 is 11.1 Å². The molecule has 0 aliphatic carbocycles. The van der Waals surface area contributed by atoms with Crippen LogP contribution in [0.5, 0.6) is 0 Å². The van der Waals surface area contributed by atoms with Crippen molar-refractivity contribution in [1.29, 1.82) is 0 Å². The Morgan fingerprint density at radius 3 is 2.57 bits per heavy atom. The van der Waals surface area contributed by atoms with E-state index in [-0.39, 0.29) is 11.3 Å². The van der Waals surface area contributed by atoms with E-state index in [1.54, 1.807) is 30.3 Å². The minimum atomic E-state index is -0.599. The summed E-state index contributed by atoms with van der Waals surface area (Å²) in [5.41, 5.74) is 6.94. The molecule has 0 atom stereocenters. The first-order valence-electron chi connectivity index (χ1n) is 6.30. The third-order valence-electron chi connectivity index (χ3n) is 3.13. The van der Waals surface area contributed by atoms with Gasteiger partial charge >= 0.3 is 0 Å². The van der Waals surface area contributed by atoms with Gasteiger partial charge in [0.15, 0.2) is 5.69 Å². The van der Waals surface area contributed by atoms with Gasteiger partial charge in [-0.1, -0.05) is 30.3 Å². The second kappa shape index (κ2) is 5.09. The van der Waals surface area contributed by atoms with Gasteiger partial charge in [0.1, 0.15) is 0 Å². The molecule has 0 fully saturated rings. The lowest BCUT2D eigenvalue weighted by Crippen LogP contribution is -2.18. The molecule has 0 radical (unpaired) electrons. The first-order chi connectivity index (χ1) is 10.2. The van der Waals surface area contributed by atoms with Crippen molar-refractivity contribution in [2.75, 3.05) is 5.32 Å². The van der Waals surface area contributed by atoms with Crippen molar-refractivity contribution in [3.8, 4) is 0 Å². The van der Waals surface area contributed by atoms with E-state index < -0.39 is 11.8 Å². The zero-order valence-corrected chi connectivity index (χ0v) is 11.0. The molecule has 2 amide bonds. The Balaban J connectivity index is 1.96. The van der Waals surface area contributed by atoms with E-state index in [1.807, 2.05) is 18.2 Å². The average Bonchev–Trinajstić information content (AvgIpc) is 2.91. The van der Waals surface area contributed by atoms with E-state index in [0.29, 0.717) is 11.1 Å². The molecule has 1 aromatic heterocycles. The minimum Gasteiger partial charge on any atom is -0.366 e. The van der Waals surface area contributed by atoms with E-state index in [1.165, 1.54) is 0 Å². The lowest BCUT2D eigenvalue weighted by molar-refractivity contribution is 0.100. The quantitative estimate of drug-likeness (QED) is 0.683. The second-order valence-corrected chi connectivity index (χ2v) is 4.48. The van der Waals surface area contributed by atoms with Crippen molar-refractivity contribution in [1.82, 2.24) is 10.2 Å². The highest BCUT2D eigenvalue weighted by Crippen LogP contribution is 2.19. The summed E-state index contributed by atoms with van der Waals surface area (Å²) in [5, 5.41) is 10.2. The first kappa shape index (κ1) is 12.9. The van der Waals surface area contributed by atoms with Gasteiger partial charge in [-0.25, -0.2) is 0 Å². The number of nitrogens with one attached hydrogen (secondary N) is 2. The largest absolute Gasteiger partial charge is 0.366 e. The summed E-state index contributed by atoms with van der Waals surface area (Å²) in [7, 11) is 0. The third kappa shape index (κ3) is 2.34. The number of carbonyl (C=O) groups excluding carboxylic acids is 2. The van der Waals surface area contributed by atoms with Crippen molar-refractivity contribution in [3.05, 3.63) is 59.8 Å². The number of fused-ring (bicyclic) bond motifs is 1. The topological polar surface area (TPSA) is 101 Å². The molecule has 4 N–H and O–H groups in total. The lowest BCUT2D eigenvalue weighted by atomic mass is 10.1. The Labute approximate surface area is 120 Å². The van der Waals surface area contributed by atoms with Gasteiger partial charge in [-0.15, -0.1) is 0 Å². The molecule has 3 rings (SSSR count). The number of amides is 2. The fraction of sp³-hybridized carbons (Fsp3) is 0. The zero-order valence-electron chi connectivity index (χ0n) is 11.0. The van der Waals surface area contributed by atoms with Gasteiger partial charge in [0.25, 0.3) is 11.8 Å². The predicted octanol–water partition coefficient (Wildman–Crippen LogP) is 1.91. The van der Waals surface area contributed by atoms with Gasteiger partial charge in [-0.2, -0.15) is 5.10 Å². The van der Waals surface area contributed by atoms with Crippen molar-refractivity contribution in [2.45, 2.75) is 0 Å². The van der Waals surface area contributed by atoms with Crippen molar-refractivity contribution >= 4 is 28.4 Å². The molecule has 104 valence electrons.